The number of hydrogen-bond donors (Lipinski definition) is 1. The van der Waals surface area contributed by atoms with Crippen LogP contribution in [0.25, 0.3) is 0 Å². The molecule has 1 saturated heterocycles. The van der Waals surface area contributed by atoms with Crippen LogP contribution in [0.3, 0.4) is 0 Å². The molecule has 2 N–H and O–H groups in total. The van der Waals surface area contributed by atoms with Gasteiger partial charge in [0.05, 0.1) is 18.3 Å². The Morgan fingerprint density at radius 3 is 2.14 bits per heavy atom. The fraction of sp³-hybridized carbons (Fsp3) is 0.647. The van der Waals surface area contributed by atoms with Crippen LogP contribution in [0.1, 0.15) is 27.7 Å². The Morgan fingerprint density at radius 1 is 1.14 bits per heavy atom. The van der Waals surface area contributed by atoms with Crippen LogP contribution in [0.5, 0.6) is 5.75 Å². The Morgan fingerprint density at radius 2 is 1.71 bits per heavy atom. The summed E-state index contributed by atoms with van der Waals surface area (Å²) in [6.45, 7) is 9.28. The molecule has 1 aliphatic rings. The second-order valence-corrected chi connectivity index (χ2v) is 7.02. The standard InChI is InChI=1S/C17H28N2O2/c1-16(2)14(15(18)17(3,4)21-16)11-19(5)12-7-9-13(20-6)10-8-12/h7-10,14-15H,11,18H2,1-6H3. The van der Waals surface area contributed by atoms with Crippen molar-refractivity contribution in [3.63, 3.8) is 0 Å². The molecule has 0 aromatic heterocycles. The maximum Gasteiger partial charge on any atom is 0.119 e. The maximum atomic E-state index is 6.43. The zero-order valence-corrected chi connectivity index (χ0v) is 14.0. The van der Waals surface area contributed by atoms with E-state index in [1.807, 2.05) is 12.1 Å². The number of ether oxygens (including phenoxy) is 2. The summed E-state index contributed by atoms with van der Waals surface area (Å²) in [6.07, 6.45) is 0. The van der Waals surface area contributed by atoms with Gasteiger partial charge in [0.2, 0.25) is 0 Å². The topological polar surface area (TPSA) is 47.7 Å². The molecule has 4 nitrogen and oxygen atoms in total. The molecule has 2 atom stereocenters. The van der Waals surface area contributed by atoms with Crippen LogP contribution in [0, 0.1) is 5.92 Å². The molecular weight excluding hydrogens is 264 g/mol. The van der Waals surface area contributed by atoms with Crippen molar-refractivity contribution >= 4 is 5.69 Å². The third-order valence-electron chi connectivity index (χ3n) is 4.64. The molecule has 0 bridgehead atoms. The Kier molecular flexibility index (Phi) is 4.22. The van der Waals surface area contributed by atoms with Crippen LogP contribution >= 0.6 is 0 Å². The van der Waals surface area contributed by atoms with Crippen LogP contribution in [-0.2, 0) is 4.74 Å². The number of hydrogen-bond acceptors (Lipinski definition) is 4. The zero-order valence-electron chi connectivity index (χ0n) is 14.0. The van der Waals surface area contributed by atoms with Crippen LogP contribution in [0.15, 0.2) is 24.3 Å². The minimum absolute atomic E-state index is 0.0215. The van der Waals surface area contributed by atoms with Gasteiger partial charge in [0.1, 0.15) is 5.75 Å². The molecule has 2 unspecified atom stereocenters. The summed E-state index contributed by atoms with van der Waals surface area (Å²) >= 11 is 0. The predicted octanol–water partition coefficient (Wildman–Crippen LogP) is 2.66. The number of rotatable bonds is 4. The number of nitrogens with zero attached hydrogens (tertiary/aromatic N) is 1. The average molecular weight is 292 g/mol. The highest BCUT2D eigenvalue weighted by Crippen LogP contribution is 2.41. The monoisotopic (exact) mass is 292 g/mol. The summed E-state index contributed by atoms with van der Waals surface area (Å²) in [5.74, 6) is 1.15. The molecule has 4 heteroatoms. The third-order valence-corrected chi connectivity index (χ3v) is 4.64. The van der Waals surface area contributed by atoms with Gasteiger partial charge in [0.15, 0.2) is 0 Å². The van der Waals surface area contributed by atoms with Crippen molar-refractivity contribution in [2.24, 2.45) is 11.7 Å². The van der Waals surface area contributed by atoms with E-state index < -0.39 is 0 Å². The van der Waals surface area contributed by atoms with Gasteiger partial charge in [0.25, 0.3) is 0 Å². The first-order valence-electron chi connectivity index (χ1n) is 7.48. The zero-order chi connectivity index (χ0) is 15.8. The van der Waals surface area contributed by atoms with Gasteiger partial charge in [-0.2, -0.15) is 0 Å². The quantitative estimate of drug-likeness (QED) is 0.927. The fourth-order valence-electron chi connectivity index (χ4n) is 3.31. The molecule has 1 heterocycles. The second kappa shape index (κ2) is 5.50. The Bertz CT molecular complexity index is 482. The molecule has 0 spiro atoms. The molecule has 2 rings (SSSR count). The number of benzene rings is 1. The summed E-state index contributed by atoms with van der Waals surface area (Å²) in [4.78, 5) is 2.23. The summed E-state index contributed by atoms with van der Waals surface area (Å²) in [5, 5.41) is 0. The van der Waals surface area contributed by atoms with E-state index >= 15 is 0 Å². The molecule has 1 fully saturated rings. The summed E-state index contributed by atoms with van der Waals surface area (Å²) < 4.78 is 11.4. The first-order valence-corrected chi connectivity index (χ1v) is 7.48. The van der Waals surface area contributed by atoms with Gasteiger partial charge >= 0.3 is 0 Å². The highest BCUT2D eigenvalue weighted by molar-refractivity contribution is 5.48. The van der Waals surface area contributed by atoms with Gasteiger partial charge in [-0.15, -0.1) is 0 Å². The van der Waals surface area contributed by atoms with E-state index in [2.05, 4.69) is 51.8 Å². The SMILES string of the molecule is COc1ccc(N(C)CC2C(N)C(C)(C)OC2(C)C)cc1. The van der Waals surface area contributed by atoms with Crippen molar-refractivity contribution in [3.8, 4) is 5.75 Å². The van der Waals surface area contributed by atoms with Crippen molar-refractivity contribution in [3.05, 3.63) is 24.3 Å². The summed E-state index contributed by atoms with van der Waals surface area (Å²) in [6, 6.07) is 8.11. The lowest BCUT2D eigenvalue weighted by Gasteiger charge is -2.32. The van der Waals surface area contributed by atoms with E-state index in [4.69, 9.17) is 15.2 Å². The lowest BCUT2D eigenvalue weighted by molar-refractivity contribution is -0.0756. The minimum atomic E-state index is -0.283. The van der Waals surface area contributed by atoms with Gasteiger partial charge in [-0.3, -0.25) is 0 Å². The first kappa shape index (κ1) is 16.1. The van der Waals surface area contributed by atoms with Gasteiger partial charge in [-0.1, -0.05) is 0 Å². The Balaban J connectivity index is 2.12. The second-order valence-electron chi connectivity index (χ2n) is 7.02. The smallest absolute Gasteiger partial charge is 0.119 e. The fourth-order valence-corrected chi connectivity index (χ4v) is 3.31. The number of nitrogens with two attached hydrogens (primary N) is 1. The largest absolute Gasteiger partial charge is 0.497 e. The molecule has 0 saturated carbocycles. The van der Waals surface area contributed by atoms with Crippen molar-refractivity contribution < 1.29 is 9.47 Å². The van der Waals surface area contributed by atoms with E-state index in [-0.39, 0.29) is 23.2 Å². The van der Waals surface area contributed by atoms with Gasteiger partial charge < -0.3 is 20.1 Å². The van der Waals surface area contributed by atoms with Crippen molar-refractivity contribution in [1.82, 2.24) is 0 Å². The molecule has 0 radical (unpaired) electrons. The summed E-state index contributed by atoms with van der Waals surface area (Å²) in [5.41, 5.74) is 7.09. The van der Waals surface area contributed by atoms with E-state index in [9.17, 15) is 0 Å². The van der Waals surface area contributed by atoms with E-state index in [0.717, 1.165) is 18.0 Å². The molecule has 0 aliphatic carbocycles. The van der Waals surface area contributed by atoms with Crippen LogP contribution in [0.2, 0.25) is 0 Å². The van der Waals surface area contributed by atoms with Gasteiger partial charge in [0, 0.05) is 31.2 Å². The molecule has 0 amide bonds. The average Bonchev–Trinajstić information content (AvgIpc) is 2.57. The highest BCUT2D eigenvalue weighted by atomic mass is 16.5. The highest BCUT2D eigenvalue weighted by Gasteiger charge is 2.52. The van der Waals surface area contributed by atoms with Crippen molar-refractivity contribution in [2.45, 2.75) is 44.9 Å². The lowest BCUT2D eigenvalue weighted by atomic mass is 9.82. The normalized spacial score (nSPS) is 26.6. The van der Waals surface area contributed by atoms with Crippen LogP contribution < -0.4 is 15.4 Å². The van der Waals surface area contributed by atoms with Crippen molar-refractivity contribution in [2.75, 3.05) is 25.6 Å². The van der Waals surface area contributed by atoms with Gasteiger partial charge in [-0.25, -0.2) is 0 Å². The van der Waals surface area contributed by atoms with Crippen LogP contribution in [-0.4, -0.2) is 37.9 Å². The summed E-state index contributed by atoms with van der Waals surface area (Å²) in [7, 11) is 3.77. The first-order chi connectivity index (χ1) is 9.67. The van der Waals surface area contributed by atoms with E-state index in [0.29, 0.717) is 0 Å². The van der Waals surface area contributed by atoms with E-state index in [1.165, 1.54) is 0 Å². The lowest BCUT2D eigenvalue weighted by Crippen LogP contribution is -2.47. The molecule has 118 valence electrons. The minimum Gasteiger partial charge on any atom is -0.497 e. The number of methoxy groups -OCH3 is 1. The maximum absolute atomic E-state index is 6.43. The van der Waals surface area contributed by atoms with Crippen molar-refractivity contribution in [1.29, 1.82) is 0 Å². The molecule has 1 aromatic rings. The van der Waals surface area contributed by atoms with E-state index in [1.54, 1.807) is 7.11 Å². The molecule has 21 heavy (non-hydrogen) atoms. The van der Waals surface area contributed by atoms with Crippen LogP contribution in [0.4, 0.5) is 5.69 Å². The predicted molar refractivity (Wildman–Crippen MR) is 87.0 cm³/mol. The number of anilines is 1. The Labute approximate surface area is 128 Å². The third kappa shape index (κ3) is 3.16. The van der Waals surface area contributed by atoms with Gasteiger partial charge in [-0.05, 0) is 52.0 Å². The molecule has 1 aromatic carbocycles. The molecular formula is C17H28N2O2. The molecule has 1 aliphatic heterocycles. The Hall–Kier alpha value is -1.26.